The average molecular weight is 375 g/mol. The minimum absolute atomic E-state index is 0.0230. The Labute approximate surface area is 160 Å². The molecule has 8 heteroatoms. The zero-order valence-electron chi connectivity index (χ0n) is 16.4. The smallest absolute Gasteiger partial charge is 0.244 e. The maximum Gasteiger partial charge on any atom is 0.244 e. The molecule has 6 atom stereocenters. The van der Waals surface area contributed by atoms with Crippen molar-refractivity contribution in [3.8, 4) is 6.07 Å². The van der Waals surface area contributed by atoms with E-state index < -0.39 is 12.1 Å². The highest BCUT2D eigenvalue weighted by molar-refractivity contribution is 5.91. The van der Waals surface area contributed by atoms with E-state index in [1.54, 1.807) is 18.9 Å². The predicted molar refractivity (Wildman–Crippen MR) is 98.1 cm³/mol. The van der Waals surface area contributed by atoms with Gasteiger partial charge in [-0.05, 0) is 44.1 Å². The fourth-order valence-corrected chi connectivity index (χ4v) is 4.74. The van der Waals surface area contributed by atoms with Crippen LogP contribution in [0.3, 0.4) is 0 Å². The predicted octanol–water partition coefficient (Wildman–Crippen LogP) is -0.388. The topological polar surface area (TPSA) is 114 Å². The molecule has 3 fully saturated rings. The molecule has 0 radical (unpaired) electrons. The second-order valence-corrected chi connectivity index (χ2v) is 8.60. The van der Waals surface area contributed by atoms with E-state index in [2.05, 4.69) is 35.9 Å². The van der Waals surface area contributed by atoms with Crippen LogP contribution >= 0.6 is 0 Å². The fraction of sp³-hybridized carbons (Fsp3) is 0.789. The summed E-state index contributed by atoms with van der Waals surface area (Å²) >= 11 is 0. The number of nitrogens with zero attached hydrogens (tertiary/aromatic N) is 2. The van der Waals surface area contributed by atoms with Crippen LogP contribution in [0.4, 0.5) is 0 Å². The van der Waals surface area contributed by atoms with Crippen molar-refractivity contribution in [3.05, 3.63) is 0 Å². The number of rotatable bonds is 6. The minimum Gasteiger partial charge on any atom is -0.356 e. The quantitative estimate of drug-likeness (QED) is 0.585. The largest absolute Gasteiger partial charge is 0.356 e. The number of nitrogens with one attached hydrogen (secondary N) is 3. The van der Waals surface area contributed by atoms with Gasteiger partial charge in [-0.25, -0.2) is 0 Å². The van der Waals surface area contributed by atoms with Gasteiger partial charge in [0.25, 0.3) is 0 Å². The summed E-state index contributed by atoms with van der Waals surface area (Å²) in [6.07, 6.45) is 0.984. The van der Waals surface area contributed by atoms with E-state index in [0.29, 0.717) is 31.8 Å². The van der Waals surface area contributed by atoms with Crippen molar-refractivity contribution in [1.29, 1.82) is 5.26 Å². The summed E-state index contributed by atoms with van der Waals surface area (Å²) in [5, 5.41) is 17.9. The molecule has 0 unspecified atom stereocenters. The first-order valence-electron chi connectivity index (χ1n) is 9.67. The van der Waals surface area contributed by atoms with Gasteiger partial charge in [-0.3, -0.25) is 14.4 Å². The first kappa shape index (κ1) is 19.6. The highest BCUT2D eigenvalue weighted by Gasteiger charge is 2.69. The van der Waals surface area contributed by atoms with Crippen LogP contribution in [0.25, 0.3) is 0 Å². The summed E-state index contributed by atoms with van der Waals surface area (Å²) < 4.78 is 0. The molecule has 0 bridgehead atoms. The van der Waals surface area contributed by atoms with Crippen molar-refractivity contribution in [2.75, 3.05) is 20.1 Å². The molecular formula is C19H29N5O3. The van der Waals surface area contributed by atoms with Gasteiger partial charge in [-0.1, -0.05) is 13.8 Å². The second-order valence-electron chi connectivity index (χ2n) is 8.60. The summed E-state index contributed by atoms with van der Waals surface area (Å²) in [6.45, 7) is 7.21. The molecule has 3 N–H and O–H groups in total. The van der Waals surface area contributed by atoms with Crippen molar-refractivity contribution in [1.82, 2.24) is 20.9 Å². The average Bonchev–Trinajstić information content (AvgIpc) is 3.02. The number of likely N-dealkylation sites (tertiary alicyclic amines) is 1. The summed E-state index contributed by atoms with van der Waals surface area (Å²) in [5.41, 5.74) is 0.0230. The maximum atomic E-state index is 13.0. The van der Waals surface area contributed by atoms with Gasteiger partial charge < -0.3 is 20.9 Å². The lowest BCUT2D eigenvalue weighted by Gasteiger charge is -2.32. The third-order valence-electron chi connectivity index (χ3n) is 6.72. The Balaban J connectivity index is 1.70. The van der Waals surface area contributed by atoms with Gasteiger partial charge in [0, 0.05) is 19.0 Å². The fourth-order valence-electron chi connectivity index (χ4n) is 4.74. The van der Waals surface area contributed by atoms with Crippen LogP contribution in [-0.2, 0) is 14.4 Å². The molecule has 1 aliphatic carbocycles. The van der Waals surface area contributed by atoms with Gasteiger partial charge in [0.15, 0.2) is 0 Å². The number of likely N-dealkylation sites (N-methyl/N-ethyl adjacent to an activating group) is 1. The Bertz CT molecular complexity index is 685. The molecule has 1 saturated carbocycles. The van der Waals surface area contributed by atoms with E-state index in [1.165, 1.54) is 0 Å². The van der Waals surface area contributed by atoms with Crippen molar-refractivity contribution in [2.45, 2.75) is 51.7 Å². The third-order valence-corrected chi connectivity index (χ3v) is 6.72. The zero-order chi connectivity index (χ0) is 19.9. The third kappa shape index (κ3) is 3.41. The van der Waals surface area contributed by atoms with Crippen LogP contribution in [0.15, 0.2) is 0 Å². The van der Waals surface area contributed by atoms with E-state index in [-0.39, 0.29) is 41.0 Å². The van der Waals surface area contributed by atoms with Crippen LogP contribution in [-0.4, -0.2) is 60.9 Å². The molecule has 3 rings (SSSR count). The van der Waals surface area contributed by atoms with Crippen LogP contribution in [0.2, 0.25) is 0 Å². The van der Waals surface area contributed by atoms with Gasteiger partial charge in [0.1, 0.15) is 12.1 Å². The molecule has 27 heavy (non-hydrogen) atoms. The van der Waals surface area contributed by atoms with E-state index >= 15 is 0 Å². The Kier molecular flexibility index (Phi) is 5.17. The standard InChI is InChI=1S/C19H29N5O3/c1-10(21-4)18(27)24-9-13-14(19(13,2)3)15(24)17(26)23-12(8-20)7-11-5-6-22-16(11)25/h10-15,21H,5-7,9H2,1-4H3,(H,22,25)(H,23,26)/t10-,11-,12-,13-,14-,15-/m0/s1. The lowest BCUT2D eigenvalue weighted by molar-refractivity contribution is -0.141. The monoisotopic (exact) mass is 375 g/mol. The van der Waals surface area contributed by atoms with Crippen molar-refractivity contribution < 1.29 is 14.4 Å². The lowest BCUT2D eigenvalue weighted by atomic mass is 9.97. The van der Waals surface area contributed by atoms with Crippen molar-refractivity contribution in [3.63, 3.8) is 0 Å². The molecule has 0 spiro atoms. The molecule has 2 saturated heterocycles. The van der Waals surface area contributed by atoms with Gasteiger partial charge in [-0.15, -0.1) is 0 Å². The molecule has 0 aromatic heterocycles. The van der Waals surface area contributed by atoms with E-state index in [4.69, 9.17) is 0 Å². The van der Waals surface area contributed by atoms with Crippen LogP contribution in [0, 0.1) is 34.5 Å². The summed E-state index contributed by atoms with van der Waals surface area (Å²) in [7, 11) is 1.72. The van der Waals surface area contributed by atoms with Gasteiger partial charge >= 0.3 is 0 Å². The Hall–Kier alpha value is -2.14. The number of fused-ring (bicyclic) bond motifs is 1. The number of carbonyl (C=O) groups excluding carboxylic acids is 3. The molecule has 0 aromatic rings. The minimum atomic E-state index is -0.731. The SMILES string of the molecule is CN[C@@H](C)C(=O)N1C[C@H]2[C@@H]([C@H]1C(=O)N[C@H](C#N)C[C@@H]1CCNC1=O)C2(C)C. The maximum absolute atomic E-state index is 13.0. The van der Waals surface area contributed by atoms with Gasteiger partial charge in [-0.2, -0.15) is 5.26 Å². The first-order valence-corrected chi connectivity index (χ1v) is 9.67. The Morgan fingerprint density at radius 1 is 1.44 bits per heavy atom. The molecular weight excluding hydrogens is 346 g/mol. The summed E-state index contributed by atoms with van der Waals surface area (Å²) in [6, 6.07) is 0.453. The van der Waals surface area contributed by atoms with E-state index in [9.17, 15) is 19.6 Å². The lowest BCUT2D eigenvalue weighted by Crippen LogP contribution is -2.55. The summed E-state index contributed by atoms with van der Waals surface area (Å²) in [4.78, 5) is 39.2. The highest BCUT2D eigenvalue weighted by atomic mass is 16.2. The number of carbonyl (C=O) groups is 3. The Morgan fingerprint density at radius 2 is 2.15 bits per heavy atom. The van der Waals surface area contributed by atoms with Crippen LogP contribution in [0.5, 0.6) is 0 Å². The molecule has 0 aromatic carbocycles. The molecule has 148 valence electrons. The van der Waals surface area contributed by atoms with Gasteiger partial charge in [0.05, 0.1) is 12.1 Å². The summed E-state index contributed by atoms with van der Waals surface area (Å²) in [5.74, 6) is -0.264. The van der Waals surface area contributed by atoms with E-state index in [1.807, 2.05) is 0 Å². The molecule has 2 heterocycles. The number of nitriles is 1. The number of piperidine rings is 1. The van der Waals surface area contributed by atoms with Crippen LogP contribution < -0.4 is 16.0 Å². The molecule has 3 amide bonds. The molecule has 2 aliphatic heterocycles. The molecule has 3 aliphatic rings. The first-order chi connectivity index (χ1) is 12.7. The van der Waals surface area contributed by atoms with Crippen molar-refractivity contribution >= 4 is 17.7 Å². The number of amides is 3. The second kappa shape index (κ2) is 7.12. The number of hydrogen-bond donors (Lipinski definition) is 3. The molecule has 8 nitrogen and oxygen atoms in total. The van der Waals surface area contributed by atoms with Crippen molar-refractivity contribution in [2.24, 2.45) is 23.2 Å². The van der Waals surface area contributed by atoms with Gasteiger partial charge in [0.2, 0.25) is 17.7 Å². The van der Waals surface area contributed by atoms with Crippen LogP contribution in [0.1, 0.15) is 33.6 Å². The Morgan fingerprint density at radius 3 is 2.70 bits per heavy atom. The van der Waals surface area contributed by atoms with E-state index in [0.717, 1.165) is 0 Å². The normalized spacial score (nSPS) is 32.9. The highest BCUT2D eigenvalue weighted by Crippen LogP contribution is 2.64. The number of hydrogen-bond acceptors (Lipinski definition) is 5. The zero-order valence-corrected chi connectivity index (χ0v) is 16.4.